The van der Waals surface area contributed by atoms with Crippen LogP contribution in [0, 0.1) is 0 Å². The van der Waals surface area contributed by atoms with Gasteiger partial charge in [-0.2, -0.15) is 0 Å². The Morgan fingerprint density at radius 1 is 0.667 bits per heavy atom. The molecule has 0 saturated carbocycles. The average molecular weight is 610 g/mol. The molecule has 2 aliphatic rings. The molecule has 6 rings (SSSR count). The number of hydrogen-bond donors (Lipinski definition) is 1. The molecule has 0 amide bonds. The van der Waals surface area contributed by atoms with Crippen LogP contribution in [-0.2, 0) is 17.7 Å². The highest BCUT2D eigenvalue weighted by Crippen LogP contribution is 2.28. The maximum atomic E-state index is 5.83. The molecule has 2 aromatic carbocycles. The number of benzene rings is 2. The molecule has 4 aromatic rings. The molecule has 1 N–H and O–H groups in total. The number of pyridine rings is 2. The van der Waals surface area contributed by atoms with E-state index in [1.165, 1.54) is 44.1 Å². The van der Waals surface area contributed by atoms with Gasteiger partial charge < -0.3 is 10.1 Å². The lowest BCUT2D eigenvalue weighted by Gasteiger charge is -2.36. The molecule has 0 aliphatic carbocycles. The minimum atomic E-state index is 0.330. The fraction of sp³-hybridized carbons (Fsp3) is 0.538. The van der Waals surface area contributed by atoms with E-state index < -0.39 is 0 Å². The molecule has 0 spiro atoms. The zero-order chi connectivity index (χ0) is 32.1. The fourth-order valence-corrected chi connectivity index (χ4v) is 7.35. The van der Waals surface area contributed by atoms with Crippen LogP contribution in [-0.4, -0.2) is 76.8 Å². The monoisotopic (exact) mass is 609 g/mol. The Balaban J connectivity index is 0.000000178. The summed E-state index contributed by atoms with van der Waals surface area (Å²) in [6.07, 6.45) is 5.89. The van der Waals surface area contributed by atoms with Crippen LogP contribution >= 0.6 is 0 Å². The van der Waals surface area contributed by atoms with Crippen molar-refractivity contribution in [1.82, 2.24) is 25.1 Å². The summed E-state index contributed by atoms with van der Waals surface area (Å²) in [4.78, 5) is 14.6. The molecular formula is C39H55N5O. The van der Waals surface area contributed by atoms with E-state index in [9.17, 15) is 0 Å². The molecule has 242 valence electrons. The first-order chi connectivity index (χ1) is 21.6. The summed E-state index contributed by atoms with van der Waals surface area (Å²) in [5.74, 6) is 0.910. The van der Waals surface area contributed by atoms with E-state index in [0.717, 1.165) is 45.7 Å². The van der Waals surface area contributed by atoms with Gasteiger partial charge in [0.2, 0.25) is 0 Å². The average Bonchev–Trinajstić information content (AvgIpc) is 2.99. The summed E-state index contributed by atoms with van der Waals surface area (Å²) in [6, 6.07) is 18.5. The van der Waals surface area contributed by atoms with Gasteiger partial charge in [-0.25, -0.2) is 0 Å². The molecule has 6 nitrogen and oxygen atoms in total. The lowest BCUT2D eigenvalue weighted by Crippen LogP contribution is -2.53. The van der Waals surface area contributed by atoms with Crippen LogP contribution in [0.3, 0.4) is 0 Å². The van der Waals surface area contributed by atoms with Crippen molar-refractivity contribution in [2.75, 3.05) is 32.7 Å². The maximum Gasteiger partial charge on any atom is 0.0678 e. The first kappa shape index (κ1) is 33.5. The van der Waals surface area contributed by atoms with Gasteiger partial charge in [-0.05, 0) is 67.9 Å². The molecule has 0 radical (unpaired) electrons. The topological polar surface area (TPSA) is 53.5 Å². The molecule has 2 aliphatic heterocycles. The van der Waals surface area contributed by atoms with E-state index in [1.807, 2.05) is 0 Å². The highest BCUT2D eigenvalue weighted by Gasteiger charge is 2.23. The largest absolute Gasteiger partial charge is 0.373 e. The van der Waals surface area contributed by atoms with Crippen LogP contribution in [0.2, 0.25) is 0 Å². The second kappa shape index (κ2) is 15.1. The van der Waals surface area contributed by atoms with Crippen LogP contribution in [0.4, 0.5) is 0 Å². The van der Waals surface area contributed by atoms with Crippen LogP contribution < -0.4 is 5.32 Å². The van der Waals surface area contributed by atoms with Gasteiger partial charge in [-0.15, -0.1) is 0 Å². The number of aromatic nitrogens is 2. The van der Waals surface area contributed by atoms with Gasteiger partial charge in [0.1, 0.15) is 0 Å². The molecule has 6 heteroatoms. The number of nitrogens with one attached hydrogen (secondary N) is 1. The SMILES string of the molecule is CC1CN(CCc2cnc(C(C)C)c3ccccc23)CC(C)O1.CC1CN(Cc2cnc(C(C)C)c3ccccc23)CC(C)N1. The highest BCUT2D eigenvalue weighted by atomic mass is 16.5. The number of rotatable bonds is 7. The third-order valence-electron chi connectivity index (χ3n) is 9.13. The number of nitrogens with zero attached hydrogens (tertiary/aromatic N) is 4. The van der Waals surface area contributed by atoms with Crippen molar-refractivity contribution < 1.29 is 4.74 Å². The van der Waals surface area contributed by atoms with E-state index in [4.69, 9.17) is 14.7 Å². The molecule has 2 aromatic heterocycles. The number of morpholine rings is 1. The second-order valence-electron chi connectivity index (χ2n) is 14.2. The summed E-state index contributed by atoms with van der Waals surface area (Å²) >= 11 is 0. The van der Waals surface area contributed by atoms with Gasteiger partial charge in [0.05, 0.1) is 23.6 Å². The first-order valence-electron chi connectivity index (χ1n) is 17.2. The third kappa shape index (κ3) is 8.48. The standard InChI is InChI=1S/C20H28N2O.C19H27N3/c1-14(2)20-19-8-6-5-7-18(19)17(11-21-20)9-10-22-12-15(3)23-16(4)13-22;1-13(2)19-18-8-6-5-7-17(18)16(9-20-19)12-22-10-14(3)21-15(4)11-22/h5-8,11,14-16H,9-10,12-13H2,1-4H3;5-9,13-15,21H,10-12H2,1-4H3. The lowest BCUT2D eigenvalue weighted by molar-refractivity contribution is -0.0675. The van der Waals surface area contributed by atoms with Crippen molar-refractivity contribution in [2.45, 2.75) is 104 Å². The Morgan fingerprint density at radius 2 is 1.13 bits per heavy atom. The summed E-state index contributed by atoms with van der Waals surface area (Å²) in [5.41, 5.74) is 5.12. The zero-order valence-corrected chi connectivity index (χ0v) is 28.9. The molecule has 4 heterocycles. The van der Waals surface area contributed by atoms with Crippen LogP contribution in [0.1, 0.15) is 89.7 Å². The summed E-state index contributed by atoms with van der Waals surface area (Å²) < 4.78 is 5.83. The van der Waals surface area contributed by atoms with Gasteiger partial charge in [0.25, 0.3) is 0 Å². The smallest absolute Gasteiger partial charge is 0.0678 e. The zero-order valence-electron chi connectivity index (χ0n) is 28.9. The predicted molar refractivity (Wildman–Crippen MR) is 189 cm³/mol. The summed E-state index contributed by atoms with van der Waals surface area (Å²) in [7, 11) is 0. The van der Waals surface area contributed by atoms with Gasteiger partial charge in [-0.1, -0.05) is 76.2 Å². The normalized spacial score (nSPS) is 23.1. The molecule has 4 atom stereocenters. The van der Waals surface area contributed by atoms with Crippen molar-refractivity contribution in [3.63, 3.8) is 0 Å². The predicted octanol–water partition coefficient (Wildman–Crippen LogP) is 7.55. The van der Waals surface area contributed by atoms with E-state index in [1.54, 1.807) is 0 Å². The van der Waals surface area contributed by atoms with Gasteiger partial charge >= 0.3 is 0 Å². The van der Waals surface area contributed by atoms with Crippen LogP contribution in [0.15, 0.2) is 60.9 Å². The van der Waals surface area contributed by atoms with E-state index in [-0.39, 0.29) is 0 Å². The third-order valence-corrected chi connectivity index (χ3v) is 9.13. The molecule has 2 fully saturated rings. The summed E-state index contributed by atoms with van der Waals surface area (Å²) in [5, 5.41) is 8.94. The minimum Gasteiger partial charge on any atom is -0.373 e. The molecular weight excluding hydrogens is 554 g/mol. The van der Waals surface area contributed by atoms with Crippen molar-refractivity contribution in [1.29, 1.82) is 0 Å². The first-order valence-corrected chi connectivity index (χ1v) is 17.2. The Morgan fingerprint density at radius 3 is 1.64 bits per heavy atom. The molecule has 2 saturated heterocycles. The highest BCUT2D eigenvalue weighted by molar-refractivity contribution is 5.88. The second-order valence-corrected chi connectivity index (χ2v) is 14.2. The fourth-order valence-electron chi connectivity index (χ4n) is 7.35. The van der Waals surface area contributed by atoms with E-state index in [2.05, 4.69) is 131 Å². The maximum absolute atomic E-state index is 5.83. The van der Waals surface area contributed by atoms with Gasteiger partial charge in [0.15, 0.2) is 0 Å². The number of fused-ring (bicyclic) bond motifs is 2. The van der Waals surface area contributed by atoms with Crippen LogP contribution in [0.25, 0.3) is 21.5 Å². The molecule has 4 unspecified atom stereocenters. The van der Waals surface area contributed by atoms with Gasteiger partial charge in [-0.3, -0.25) is 19.8 Å². The molecule has 0 bridgehead atoms. The van der Waals surface area contributed by atoms with E-state index >= 15 is 0 Å². The van der Waals surface area contributed by atoms with Gasteiger partial charge in [0, 0.05) is 74.5 Å². The van der Waals surface area contributed by atoms with Crippen molar-refractivity contribution >= 4 is 21.5 Å². The Labute approximate surface area is 271 Å². The minimum absolute atomic E-state index is 0.330. The van der Waals surface area contributed by atoms with Crippen molar-refractivity contribution in [2.24, 2.45) is 0 Å². The van der Waals surface area contributed by atoms with Crippen LogP contribution in [0.5, 0.6) is 0 Å². The summed E-state index contributed by atoms with van der Waals surface area (Å²) in [6.45, 7) is 24.0. The Bertz CT molecular complexity index is 1530. The Kier molecular flexibility index (Phi) is 11.2. The number of ether oxygens (including phenoxy) is 1. The Hall–Kier alpha value is -2.90. The number of piperazine rings is 1. The van der Waals surface area contributed by atoms with Crippen molar-refractivity contribution in [3.05, 3.63) is 83.4 Å². The molecule has 45 heavy (non-hydrogen) atoms. The van der Waals surface area contributed by atoms with E-state index in [0.29, 0.717) is 36.1 Å². The quantitative estimate of drug-likeness (QED) is 0.234. The number of hydrogen-bond acceptors (Lipinski definition) is 6. The lowest BCUT2D eigenvalue weighted by atomic mass is 9.98. The van der Waals surface area contributed by atoms with Crippen molar-refractivity contribution in [3.8, 4) is 0 Å².